The van der Waals surface area contributed by atoms with Gasteiger partial charge in [0.15, 0.2) is 5.69 Å². The molecule has 1 unspecified atom stereocenters. The van der Waals surface area contributed by atoms with Gasteiger partial charge in [-0.15, -0.1) is 0 Å². The van der Waals surface area contributed by atoms with E-state index in [1.54, 1.807) is 24.4 Å². The number of hydrogen-bond donors (Lipinski definition) is 2. The van der Waals surface area contributed by atoms with Gasteiger partial charge in [0.1, 0.15) is 17.6 Å². The van der Waals surface area contributed by atoms with Crippen molar-refractivity contribution in [3.05, 3.63) is 82.8 Å². The number of fused-ring (bicyclic) bond motifs is 1. The van der Waals surface area contributed by atoms with Crippen LogP contribution >= 0.6 is 0 Å². The van der Waals surface area contributed by atoms with Crippen LogP contribution in [0.25, 0.3) is 4.85 Å². The van der Waals surface area contributed by atoms with Gasteiger partial charge < -0.3 is 24.8 Å². The van der Waals surface area contributed by atoms with E-state index < -0.39 is 47.1 Å². The number of pyridine rings is 1. The number of hydrogen-bond acceptors (Lipinski definition) is 10. The number of carbonyl (C=O) groups is 5. The molecule has 0 saturated carbocycles. The number of piperidine rings is 4. The van der Waals surface area contributed by atoms with E-state index in [1.165, 1.54) is 12.1 Å². The second-order valence-electron chi connectivity index (χ2n) is 16.6. The van der Waals surface area contributed by atoms with Crippen LogP contribution in [0.3, 0.4) is 0 Å². The summed E-state index contributed by atoms with van der Waals surface area (Å²) in [4.78, 5) is 78.4. The van der Waals surface area contributed by atoms with Crippen LogP contribution < -0.4 is 25.2 Å². The highest BCUT2D eigenvalue weighted by Crippen LogP contribution is 2.39. The van der Waals surface area contributed by atoms with Crippen molar-refractivity contribution in [1.82, 2.24) is 20.1 Å². The van der Waals surface area contributed by atoms with E-state index in [0.29, 0.717) is 61.6 Å². The summed E-state index contributed by atoms with van der Waals surface area (Å²) in [6.07, 6.45) is 2.40. The van der Waals surface area contributed by atoms with E-state index in [0.717, 1.165) is 75.1 Å². The van der Waals surface area contributed by atoms with Crippen LogP contribution in [0.1, 0.15) is 77.6 Å². The number of carbonyl (C=O) groups excluding carboxylic acids is 5. The molecule has 1 aromatic heterocycles. The van der Waals surface area contributed by atoms with Crippen LogP contribution in [0.5, 0.6) is 5.75 Å². The molecule has 3 aromatic rings. The predicted molar refractivity (Wildman–Crippen MR) is 218 cm³/mol. The molecule has 17 heteroatoms. The molecule has 5 amide bonds. The van der Waals surface area contributed by atoms with Crippen molar-refractivity contribution in [2.24, 2.45) is 17.8 Å². The molecule has 1 atom stereocenters. The van der Waals surface area contributed by atoms with Gasteiger partial charge in [0, 0.05) is 50.7 Å². The van der Waals surface area contributed by atoms with Crippen molar-refractivity contribution < 1.29 is 41.9 Å². The van der Waals surface area contributed by atoms with Gasteiger partial charge in [-0.3, -0.25) is 34.2 Å². The molecule has 0 bridgehead atoms. The van der Waals surface area contributed by atoms with E-state index >= 15 is 0 Å². The topological polar surface area (TPSA) is 149 Å². The lowest BCUT2D eigenvalue weighted by atomic mass is 9.93. The number of rotatable bonds is 10. The van der Waals surface area contributed by atoms with Crippen molar-refractivity contribution in [2.75, 3.05) is 67.5 Å². The number of benzene rings is 2. The summed E-state index contributed by atoms with van der Waals surface area (Å²) in [6.45, 7) is 13.2. The Balaban J connectivity index is 0.731. The maximum atomic E-state index is 13.5. The number of aromatic nitrogens is 1. The van der Waals surface area contributed by atoms with Gasteiger partial charge >= 0.3 is 6.18 Å². The Morgan fingerprint density at radius 2 is 1.49 bits per heavy atom. The van der Waals surface area contributed by atoms with E-state index in [2.05, 4.69) is 30.3 Å². The fourth-order valence-corrected chi connectivity index (χ4v) is 9.15. The van der Waals surface area contributed by atoms with Crippen LogP contribution in [0.2, 0.25) is 0 Å². The van der Waals surface area contributed by atoms with Gasteiger partial charge in [-0.1, -0.05) is 6.07 Å². The Morgan fingerprint density at radius 1 is 0.820 bits per heavy atom. The minimum absolute atomic E-state index is 0.0669. The number of anilines is 3. The largest absolute Gasteiger partial charge is 0.493 e. The van der Waals surface area contributed by atoms with Crippen LogP contribution in [-0.2, 0) is 20.6 Å². The van der Waals surface area contributed by atoms with Crippen molar-refractivity contribution in [2.45, 2.75) is 63.6 Å². The molecule has 5 aliphatic heterocycles. The van der Waals surface area contributed by atoms with Crippen molar-refractivity contribution in [1.29, 1.82) is 0 Å². The maximum Gasteiger partial charge on any atom is 0.407 e. The van der Waals surface area contributed by atoms with Gasteiger partial charge in [-0.05, 0) is 112 Å². The highest BCUT2D eigenvalue weighted by Gasteiger charge is 2.45. The lowest BCUT2D eigenvalue weighted by molar-refractivity contribution is -0.137. The average Bonchev–Trinajstić information content (AvgIpc) is 3.51. The summed E-state index contributed by atoms with van der Waals surface area (Å²) >= 11 is 0. The van der Waals surface area contributed by atoms with Gasteiger partial charge in [-0.2, -0.15) is 13.2 Å². The number of likely N-dealkylation sites (tertiary alicyclic amines) is 1. The van der Waals surface area contributed by atoms with Crippen LogP contribution in [0.4, 0.5) is 36.1 Å². The molecule has 61 heavy (non-hydrogen) atoms. The van der Waals surface area contributed by atoms with E-state index in [4.69, 9.17) is 11.3 Å². The van der Waals surface area contributed by atoms with E-state index in [9.17, 15) is 37.1 Å². The Labute approximate surface area is 351 Å². The summed E-state index contributed by atoms with van der Waals surface area (Å²) in [6, 6.07) is 11.3. The van der Waals surface area contributed by atoms with Gasteiger partial charge in [0.25, 0.3) is 11.8 Å². The normalized spacial score (nSPS) is 21.0. The third-order valence-corrected chi connectivity index (χ3v) is 12.7. The predicted octanol–water partition coefficient (Wildman–Crippen LogP) is 5.91. The molecule has 8 rings (SSSR count). The Morgan fingerprint density at radius 3 is 2.16 bits per heavy atom. The SMILES string of the molecule is [C-]#[N+]c1ccc(N2CCC(C(=O)Nc3ccc(N4CCC(CN5CCC(COc6ccc7c(c6)C(=O)N(C6CCC(=O)NC6=O)C7=O)CC5)CC4)cn3)CC2)cc1C(F)(F)F. The summed E-state index contributed by atoms with van der Waals surface area (Å²) in [5.41, 5.74) is 0.452. The third-order valence-electron chi connectivity index (χ3n) is 12.7. The fourth-order valence-electron chi connectivity index (χ4n) is 9.15. The lowest BCUT2D eigenvalue weighted by Crippen LogP contribution is -2.54. The second-order valence-corrected chi connectivity index (χ2v) is 16.6. The zero-order valence-electron chi connectivity index (χ0n) is 33.6. The summed E-state index contributed by atoms with van der Waals surface area (Å²) < 4.78 is 46.5. The molecule has 4 saturated heterocycles. The van der Waals surface area contributed by atoms with Crippen molar-refractivity contribution >= 4 is 52.4 Å². The molecule has 4 fully saturated rings. The van der Waals surface area contributed by atoms with E-state index in [1.807, 2.05) is 17.0 Å². The first-order valence-corrected chi connectivity index (χ1v) is 20.9. The molecule has 6 heterocycles. The quantitative estimate of drug-likeness (QED) is 0.186. The van der Waals surface area contributed by atoms with Gasteiger partial charge in [0.05, 0.1) is 41.8 Å². The second kappa shape index (κ2) is 17.5. The van der Waals surface area contributed by atoms with Gasteiger partial charge in [-0.25, -0.2) is 9.83 Å². The summed E-state index contributed by atoms with van der Waals surface area (Å²) in [5.74, 6) is -0.692. The summed E-state index contributed by atoms with van der Waals surface area (Å²) in [7, 11) is 0. The monoisotopic (exact) mass is 840 g/mol. The molecule has 5 aliphatic rings. The number of halogens is 3. The highest BCUT2D eigenvalue weighted by atomic mass is 19.4. The molecule has 0 radical (unpaired) electrons. The Kier molecular flexibility index (Phi) is 12.0. The highest BCUT2D eigenvalue weighted by molar-refractivity contribution is 6.23. The fraction of sp³-hybridized carbons (Fsp3) is 0.477. The number of ether oxygens (including phenoxy) is 1. The molecular weight excluding hydrogens is 794 g/mol. The first-order valence-electron chi connectivity index (χ1n) is 20.9. The number of amides is 5. The van der Waals surface area contributed by atoms with Gasteiger partial charge in [0.2, 0.25) is 17.7 Å². The number of nitrogens with zero attached hydrogens (tertiary/aromatic N) is 6. The third kappa shape index (κ3) is 9.19. The maximum absolute atomic E-state index is 13.5. The molecule has 0 spiro atoms. The summed E-state index contributed by atoms with van der Waals surface area (Å²) in [5, 5.41) is 5.12. The average molecular weight is 841 g/mol. The van der Waals surface area contributed by atoms with Crippen LogP contribution in [-0.4, -0.2) is 103 Å². The van der Waals surface area contributed by atoms with E-state index in [-0.39, 0.29) is 35.8 Å². The molecule has 0 aliphatic carbocycles. The first kappa shape index (κ1) is 41.7. The van der Waals surface area contributed by atoms with Crippen LogP contribution in [0.15, 0.2) is 54.7 Å². The molecule has 2 aromatic carbocycles. The number of imide groups is 2. The standard InChI is InChI=1S/C44H47F3N8O6/c1-48-36-6-2-30(22-35(36)44(45,46)47)53-20-14-29(15-21-53)40(57)50-38-8-3-31(24-49-38)54-18-12-27(13-19-54)25-52-16-10-28(11-17-52)26-61-32-4-5-33-34(23-32)43(60)55(42(33)59)37-7-9-39(56)51-41(37)58/h2-6,8,22-24,27-29,37H,7,9-21,25-26H2,(H,49,50,57)(H,51,56,58). The van der Waals surface area contributed by atoms with Crippen molar-refractivity contribution in [3.8, 4) is 5.75 Å². The molecular formula is C44H47F3N8O6. The van der Waals surface area contributed by atoms with Crippen LogP contribution in [0, 0.1) is 24.3 Å². The minimum Gasteiger partial charge on any atom is -0.493 e. The number of nitrogens with one attached hydrogen (secondary N) is 2. The Bertz CT molecular complexity index is 2220. The smallest absolute Gasteiger partial charge is 0.407 e. The molecule has 2 N–H and O–H groups in total. The molecule has 14 nitrogen and oxygen atoms in total. The molecule has 320 valence electrons. The number of alkyl halides is 3. The zero-order valence-corrected chi connectivity index (χ0v) is 33.6. The lowest BCUT2D eigenvalue weighted by Gasteiger charge is -2.38. The van der Waals surface area contributed by atoms with Crippen molar-refractivity contribution in [3.63, 3.8) is 0 Å². The minimum atomic E-state index is -4.62. The zero-order chi connectivity index (χ0) is 42.8. The Hall–Kier alpha value is -6.02. The first-order chi connectivity index (χ1) is 29.3.